The molecule has 1 aliphatic heterocycles. The molecule has 0 bridgehead atoms. The Bertz CT molecular complexity index is 581. The lowest BCUT2D eigenvalue weighted by molar-refractivity contribution is 0.122. The molecule has 86 valence electrons. The second kappa shape index (κ2) is 4.32. The van der Waals surface area contributed by atoms with Crippen LogP contribution in [0.4, 0.5) is 10.8 Å². The number of anilines is 1. The molecule has 0 radical (unpaired) electrons. The van der Waals surface area contributed by atoms with E-state index in [0.717, 1.165) is 41.7 Å². The number of hydrogen-bond donors (Lipinski definition) is 0. The monoisotopic (exact) mass is 245 g/mol. The highest BCUT2D eigenvalue weighted by Crippen LogP contribution is 2.31. The van der Waals surface area contributed by atoms with E-state index in [2.05, 4.69) is 14.7 Å². The van der Waals surface area contributed by atoms with Gasteiger partial charge in [-0.15, -0.1) is 0 Å². The number of morpholine rings is 1. The molecule has 0 N–H and O–H groups in total. The topological polar surface area (TPSA) is 29.7 Å². The quantitative estimate of drug-likeness (QED) is 0.723. The number of thiazole rings is 1. The molecule has 5 heteroatoms. The van der Waals surface area contributed by atoms with Crippen LogP contribution in [0.3, 0.4) is 0 Å². The van der Waals surface area contributed by atoms with E-state index in [-0.39, 0.29) is 0 Å². The fourth-order valence-electron chi connectivity index (χ4n) is 1.86. The molecule has 0 aliphatic carbocycles. The SMILES string of the molecule is [C-]#[N+]c1ccc2sc(N3CCOCC3)nc2c1. The Balaban J connectivity index is 1.98. The average Bonchev–Trinajstić information content (AvgIpc) is 2.82. The van der Waals surface area contributed by atoms with Crippen LogP contribution in [0.2, 0.25) is 0 Å². The van der Waals surface area contributed by atoms with Crippen LogP contribution in [0.5, 0.6) is 0 Å². The van der Waals surface area contributed by atoms with Crippen molar-refractivity contribution in [3.63, 3.8) is 0 Å². The van der Waals surface area contributed by atoms with Crippen molar-refractivity contribution in [2.24, 2.45) is 0 Å². The van der Waals surface area contributed by atoms with Crippen LogP contribution in [-0.4, -0.2) is 31.3 Å². The van der Waals surface area contributed by atoms with Crippen LogP contribution >= 0.6 is 11.3 Å². The molecule has 0 amide bonds. The zero-order valence-electron chi connectivity index (χ0n) is 9.22. The molecule has 1 aromatic heterocycles. The van der Waals surface area contributed by atoms with E-state index in [1.807, 2.05) is 18.2 Å². The van der Waals surface area contributed by atoms with Crippen LogP contribution in [0.1, 0.15) is 0 Å². The minimum Gasteiger partial charge on any atom is -0.378 e. The largest absolute Gasteiger partial charge is 0.378 e. The van der Waals surface area contributed by atoms with Crippen molar-refractivity contribution >= 4 is 32.4 Å². The summed E-state index contributed by atoms with van der Waals surface area (Å²) in [5, 5.41) is 1.03. The van der Waals surface area contributed by atoms with E-state index < -0.39 is 0 Å². The molecule has 2 aromatic rings. The molecule has 1 fully saturated rings. The maximum atomic E-state index is 7.00. The van der Waals surface area contributed by atoms with Crippen molar-refractivity contribution in [1.29, 1.82) is 0 Å². The molecule has 1 aliphatic rings. The van der Waals surface area contributed by atoms with Crippen LogP contribution in [0.15, 0.2) is 18.2 Å². The van der Waals surface area contributed by atoms with Gasteiger partial charge in [-0.05, 0) is 6.07 Å². The van der Waals surface area contributed by atoms with Gasteiger partial charge >= 0.3 is 0 Å². The van der Waals surface area contributed by atoms with Crippen molar-refractivity contribution in [1.82, 2.24) is 4.98 Å². The van der Waals surface area contributed by atoms with E-state index in [0.29, 0.717) is 5.69 Å². The van der Waals surface area contributed by atoms with Crippen molar-refractivity contribution in [2.45, 2.75) is 0 Å². The summed E-state index contributed by atoms with van der Waals surface area (Å²) in [6.07, 6.45) is 0. The van der Waals surface area contributed by atoms with Gasteiger partial charge in [0.1, 0.15) is 0 Å². The van der Waals surface area contributed by atoms with Crippen LogP contribution < -0.4 is 4.90 Å². The molecule has 2 heterocycles. The fraction of sp³-hybridized carbons (Fsp3) is 0.333. The molecule has 1 aromatic carbocycles. The maximum absolute atomic E-state index is 7.00. The molecule has 17 heavy (non-hydrogen) atoms. The summed E-state index contributed by atoms with van der Waals surface area (Å²) in [6.45, 7) is 10.3. The van der Waals surface area contributed by atoms with Gasteiger partial charge in [0.05, 0.1) is 30.0 Å². The van der Waals surface area contributed by atoms with Crippen LogP contribution in [0.25, 0.3) is 15.1 Å². The number of aromatic nitrogens is 1. The minimum absolute atomic E-state index is 0.649. The summed E-state index contributed by atoms with van der Waals surface area (Å²) in [5.74, 6) is 0. The Labute approximate surface area is 103 Å². The molecule has 0 unspecified atom stereocenters. The van der Waals surface area contributed by atoms with Crippen LogP contribution in [-0.2, 0) is 4.74 Å². The summed E-state index contributed by atoms with van der Waals surface area (Å²) in [5.41, 5.74) is 1.57. The van der Waals surface area contributed by atoms with E-state index in [1.165, 1.54) is 0 Å². The third-order valence-corrected chi connectivity index (χ3v) is 3.87. The summed E-state index contributed by atoms with van der Waals surface area (Å²) < 4.78 is 6.47. The number of benzene rings is 1. The van der Waals surface area contributed by atoms with Gasteiger partial charge < -0.3 is 9.64 Å². The average molecular weight is 245 g/mol. The maximum Gasteiger partial charge on any atom is 0.189 e. The Kier molecular flexibility index (Phi) is 2.67. The number of hydrogen-bond acceptors (Lipinski definition) is 4. The highest BCUT2D eigenvalue weighted by atomic mass is 32.1. The number of fused-ring (bicyclic) bond motifs is 1. The standard InChI is InChI=1S/C12H11N3OS/c1-13-9-2-3-11-10(8-9)14-12(17-11)15-4-6-16-7-5-15/h2-3,8H,4-7H2. The summed E-state index contributed by atoms with van der Waals surface area (Å²) in [6, 6.07) is 5.67. The smallest absolute Gasteiger partial charge is 0.189 e. The van der Waals surface area contributed by atoms with E-state index in [9.17, 15) is 0 Å². The molecule has 3 rings (SSSR count). The van der Waals surface area contributed by atoms with Gasteiger partial charge in [-0.25, -0.2) is 9.83 Å². The number of ether oxygens (including phenoxy) is 1. The van der Waals surface area contributed by atoms with Crippen molar-refractivity contribution < 1.29 is 4.74 Å². The molecule has 4 nitrogen and oxygen atoms in total. The van der Waals surface area contributed by atoms with E-state index in [1.54, 1.807) is 11.3 Å². The normalized spacial score (nSPS) is 16.1. The summed E-state index contributed by atoms with van der Waals surface area (Å²) in [4.78, 5) is 10.3. The zero-order chi connectivity index (χ0) is 11.7. The first-order chi connectivity index (χ1) is 8.36. The van der Waals surface area contributed by atoms with Gasteiger partial charge in [0, 0.05) is 13.1 Å². The molecule has 1 saturated heterocycles. The lowest BCUT2D eigenvalue weighted by Gasteiger charge is -2.25. The fourth-order valence-corrected chi connectivity index (χ4v) is 2.86. The first-order valence-electron chi connectivity index (χ1n) is 5.47. The Morgan fingerprint density at radius 2 is 2.18 bits per heavy atom. The van der Waals surface area contributed by atoms with Gasteiger partial charge in [0.25, 0.3) is 0 Å². The molecule has 0 atom stereocenters. The lowest BCUT2D eigenvalue weighted by Crippen LogP contribution is -2.36. The first kappa shape index (κ1) is 10.5. The van der Waals surface area contributed by atoms with Gasteiger partial charge in [-0.3, -0.25) is 0 Å². The van der Waals surface area contributed by atoms with Crippen molar-refractivity contribution in [3.05, 3.63) is 29.6 Å². The van der Waals surface area contributed by atoms with E-state index in [4.69, 9.17) is 11.3 Å². The highest BCUT2D eigenvalue weighted by molar-refractivity contribution is 7.22. The molecular weight excluding hydrogens is 234 g/mol. The zero-order valence-corrected chi connectivity index (χ0v) is 10.0. The second-order valence-corrected chi connectivity index (χ2v) is 4.87. The highest BCUT2D eigenvalue weighted by Gasteiger charge is 2.15. The van der Waals surface area contributed by atoms with E-state index >= 15 is 0 Å². The Morgan fingerprint density at radius 3 is 2.94 bits per heavy atom. The van der Waals surface area contributed by atoms with Crippen molar-refractivity contribution in [3.8, 4) is 0 Å². The number of rotatable bonds is 1. The Hall–Kier alpha value is -1.64. The predicted octanol–water partition coefficient (Wildman–Crippen LogP) is 2.68. The molecule has 0 spiro atoms. The van der Waals surface area contributed by atoms with Gasteiger partial charge in [-0.2, -0.15) is 0 Å². The second-order valence-electron chi connectivity index (χ2n) is 3.86. The lowest BCUT2D eigenvalue weighted by atomic mass is 10.3. The minimum atomic E-state index is 0.649. The first-order valence-corrected chi connectivity index (χ1v) is 6.29. The Morgan fingerprint density at radius 1 is 1.35 bits per heavy atom. The predicted molar refractivity (Wildman–Crippen MR) is 68.9 cm³/mol. The molecule has 0 saturated carbocycles. The van der Waals surface area contributed by atoms with Gasteiger partial charge in [0.2, 0.25) is 0 Å². The third-order valence-electron chi connectivity index (χ3n) is 2.77. The van der Waals surface area contributed by atoms with Gasteiger partial charge in [-0.1, -0.05) is 23.5 Å². The van der Waals surface area contributed by atoms with Crippen molar-refractivity contribution in [2.75, 3.05) is 31.2 Å². The number of nitrogens with zero attached hydrogens (tertiary/aromatic N) is 3. The third kappa shape index (κ3) is 1.97. The van der Waals surface area contributed by atoms with Gasteiger partial charge in [0.15, 0.2) is 10.8 Å². The summed E-state index contributed by atoms with van der Waals surface area (Å²) >= 11 is 1.68. The summed E-state index contributed by atoms with van der Waals surface area (Å²) in [7, 11) is 0. The van der Waals surface area contributed by atoms with Crippen LogP contribution in [0, 0.1) is 6.57 Å². The molecular formula is C12H11N3OS.